The monoisotopic (exact) mass is 396 g/mol. The van der Waals surface area contributed by atoms with Crippen LogP contribution in [0.2, 0.25) is 0 Å². The van der Waals surface area contributed by atoms with E-state index in [0.717, 1.165) is 21.8 Å². The highest BCUT2D eigenvalue weighted by molar-refractivity contribution is 7.99. The van der Waals surface area contributed by atoms with E-state index in [1.54, 1.807) is 25.6 Å². The summed E-state index contributed by atoms with van der Waals surface area (Å²) in [7, 11) is 0. The highest BCUT2D eigenvalue weighted by Gasteiger charge is 2.34. The Morgan fingerprint density at radius 3 is 2.39 bits per heavy atom. The molecule has 6 heteroatoms. The van der Waals surface area contributed by atoms with E-state index >= 15 is 0 Å². The summed E-state index contributed by atoms with van der Waals surface area (Å²) in [4.78, 5) is 26.5. The molecule has 28 heavy (non-hydrogen) atoms. The fourth-order valence-corrected chi connectivity index (χ4v) is 3.73. The average Bonchev–Trinajstić information content (AvgIpc) is 2.68. The number of thioether (sulfide) groups is 1. The molecule has 1 aliphatic rings. The number of hydrogen-bond acceptors (Lipinski definition) is 4. The van der Waals surface area contributed by atoms with Crippen LogP contribution in [0.15, 0.2) is 65.1 Å². The molecule has 1 heterocycles. The Balaban J connectivity index is 2.10. The predicted molar refractivity (Wildman–Crippen MR) is 112 cm³/mol. The Hall–Kier alpha value is -2.73. The van der Waals surface area contributed by atoms with Crippen molar-refractivity contribution < 1.29 is 14.3 Å². The summed E-state index contributed by atoms with van der Waals surface area (Å²) in [6, 6.07) is 16.3. The van der Waals surface area contributed by atoms with E-state index in [9.17, 15) is 9.59 Å². The molecule has 0 aromatic heterocycles. The van der Waals surface area contributed by atoms with Gasteiger partial charge in [0, 0.05) is 4.90 Å². The van der Waals surface area contributed by atoms with Crippen LogP contribution in [0, 0.1) is 0 Å². The predicted octanol–water partition coefficient (Wildman–Crippen LogP) is 4.52. The van der Waals surface area contributed by atoms with Gasteiger partial charge in [0.25, 0.3) is 0 Å². The van der Waals surface area contributed by atoms with Crippen molar-refractivity contribution in [3.8, 4) is 0 Å². The summed E-state index contributed by atoms with van der Waals surface area (Å²) in [5, 5.41) is 5.67. The number of nitrogens with one attached hydrogen (secondary N) is 2. The van der Waals surface area contributed by atoms with Gasteiger partial charge in [-0.1, -0.05) is 49.4 Å². The lowest BCUT2D eigenvalue weighted by Gasteiger charge is -2.30. The summed E-state index contributed by atoms with van der Waals surface area (Å²) in [6.45, 7) is 5.71. The van der Waals surface area contributed by atoms with E-state index in [1.165, 1.54) is 0 Å². The van der Waals surface area contributed by atoms with Gasteiger partial charge in [-0.2, -0.15) is 0 Å². The number of esters is 1. The van der Waals surface area contributed by atoms with Crippen LogP contribution in [0.3, 0.4) is 0 Å². The first kappa shape index (κ1) is 20.0. The van der Waals surface area contributed by atoms with Crippen molar-refractivity contribution >= 4 is 29.5 Å². The third-order valence-electron chi connectivity index (χ3n) is 4.22. The third kappa shape index (κ3) is 4.57. The fourth-order valence-electron chi connectivity index (χ4n) is 3.07. The first-order valence-corrected chi connectivity index (χ1v) is 10.3. The Morgan fingerprint density at radius 2 is 1.79 bits per heavy atom. The number of hydrogen-bond donors (Lipinski definition) is 2. The zero-order valence-corrected chi connectivity index (χ0v) is 17.0. The first-order chi connectivity index (χ1) is 13.5. The van der Waals surface area contributed by atoms with Crippen molar-refractivity contribution in [2.24, 2.45) is 0 Å². The minimum atomic E-state index is -0.587. The van der Waals surface area contributed by atoms with Gasteiger partial charge in [0.1, 0.15) is 0 Å². The zero-order valence-electron chi connectivity index (χ0n) is 16.2. The van der Waals surface area contributed by atoms with E-state index in [0.29, 0.717) is 11.3 Å². The maximum atomic E-state index is 13.0. The molecule has 5 nitrogen and oxygen atoms in total. The quantitative estimate of drug-likeness (QED) is 0.557. The molecule has 0 saturated heterocycles. The Bertz CT molecular complexity index is 876. The Labute approximate surface area is 169 Å². The molecule has 1 aliphatic heterocycles. The van der Waals surface area contributed by atoms with Gasteiger partial charge in [-0.15, -0.1) is 11.8 Å². The smallest absolute Gasteiger partial charge is 0.338 e. The number of rotatable bonds is 6. The molecular weight excluding hydrogens is 372 g/mol. The van der Waals surface area contributed by atoms with E-state index in [2.05, 4.69) is 17.6 Å². The SMILES string of the molecule is CCSc1ccc(C2NC(=O)NC(c3ccccc3)=C2C(=O)OC(C)C)cc1. The van der Waals surface area contributed by atoms with Gasteiger partial charge >= 0.3 is 12.0 Å². The Kier molecular flexibility index (Phi) is 6.41. The molecule has 0 fully saturated rings. The number of benzene rings is 2. The minimum absolute atomic E-state index is 0.265. The van der Waals surface area contributed by atoms with Crippen LogP contribution in [0.4, 0.5) is 4.79 Å². The van der Waals surface area contributed by atoms with Crippen LogP contribution in [-0.4, -0.2) is 23.9 Å². The van der Waals surface area contributed by atoms with Crippen molar-refractivity contribution in [1.29, 1.82) is 0 Å². The molecule has 0 spiro atoms. The van der Waals surface area contributed by atoms with Crippen molar-refractivity contribution in [1.82, 2.24) is 10.6 Å². The average molecular weight is 397 g/mol. The number of amides is 2. The molecule has 1 unspecified atom stereocenters. The first-order valence-electron chi connectivity index (χ1n) is 9.30. The van der Waals surface area contributed by atoms with E-state index in [1.807, 2.05) is 54.6 Å². The molecule has 1 atom stereocenters. The molecule has 3 rings (SSSR count). The third-order valence-corrected chi connectivity index (χ3v) is 5.12. The molecule has 2 aromatic rings. The zero-order chi connectivity index (χ0) is 20.1. The van der Waals surface area contributed by atoms with Gasteiger partial charge < -0.3 is 15.4 Å². The largest absolute Gasteiger partial charge is 0.459 e. The van der Waals surface area contributed by atoms with E-state index in [4.69, 9.17) is 4.74 Å². The number of carbonyl (C=O) groups is 2. The van der Waals surface area contributed by atoms with Crippen molar-refractivity contribution in [3.63, 3.8) is 0 Å². The van der Waals surface area contributed by atoms with Gasteiger partial charge in [0.2, 0.25) is 0 Å². The second kappa shape index (κ2) is 8.97. The molecular formula is C22H24N2O3S. The van der Waals surface area contributed by atoms with Crippen molar-refractivity contribution in [2.45, 2.75) is 37.8 Å². The summed E-state index contributed by atoms with van der Waals surface area (Å²) < 4.78 is 5.50. The Morgan fingerprint density at radius 1 is 1.11 bits per heavy atom. The molecule has 146 valence electrons. The molecule has 0 saturated carbocycles. The van der Waals surface area contributed by atoms with Crippen LogP contribution >= 0.6 is 11.8 Å². The highest BCUT2D eigenvalue weighted by atomic mass is 32.2. The molecule has 0 bridgehead atoms. The van der Waals surface area contributed by atoms with Gasteiger partial charge in [0.05, 0.1) is 23.4 Å². The second-order valence-corrected chi connectivity index (χ2v) is 7.98. The molecule has 0 radical (unpaired) electrons. The van der Waals surface area contributed by atoms with Gasteiger partial charge in [-0.05, 0) is 42.9 Å². The summed E-state index contributed by atoms with van der Waals surface area (Å²) in [6.07, 6.45) is -0.265. The normalized spacial score (nSPS) is 16.6. The lowest BCUT2D eigenvalue weighted by Crippen LogP contribution is -2.45. The standard InChI is InChI=1S/C22H24N2O3S/c1-4-28-17-12-10-16(11-13-17)20-18(21(25)27-14(2)3)19(23-22(26)24-20)15-8-6-5-7-9-15/h5-14,20H,4H2,1-3H3,(H2,23,24,26). The maximum absolute atomic E-state index is 13.0. The van der Waals surface area contributed by atoms with Crippen LogP contribution in [0.5, 0.6) is 0 Å². The number of ether oxygens (including phenoxy) is 1. The summed E-state index contributed by atoms with van der Waals surface area (Å²) in [5.74, 6) is 0.534. The van der Waals surface area contributed by atoms with Crippen molar-refractivity contribution in [2.75, 3.05) is 5.75 Å². The summed E-state index contributed by atoms with van der Waals surface area (Å²) in [5.41, 5.74) is 2.47. The van der Waals surface area contributed by atoms with Crippen LogP contribution < -0.4 is 10.6 Å². The number of urea groups is 1. The fraction of sp³-hybridized carbons (Fsp3) is 0.273. The van der Waals surface area contributed by atoms with Crippen LogP contribution in [0.25, 0.3) is 5.70 Å². The summed E-state index contributed by atoms with van der Waals surface area (Å²) >= 11 is 1.74. The van der Waals surface area contributed by atoms with Gasteiger partial charge in [0.15, 0.2) is 0 Å². The van der Waals surface area contributed by atoms with E-state index in [-0.39, 0.29) is 12.1 Å². The highest BCUT2D eigenvalue weighted by Crippen LogP contribution is 2.33. The van der Waals surface area contributed by atoms with Gasteiger partial charge in [-0.3, -0.25) is 0 Å². The molecule has 2 amide bonds. The molecule has 2 N–H and O–H groups in total. The molecule has 2 aromatic carbocycles. The minimum Gasteiger partial charge on any atom is -0.459 e. The lowest BCUT2D eigenvalue weighted by molar-refractivity contribution is -0.143. The van der Waals surface area contributed by atoms with Crippen LogP contribution in [0.1, 0.15) is 37.9 Å². The maximum Gasteiger partial charge on any atom is 0.338 e. The van der Waals surface area contributed by atoms with Crippen molar-refractivity contribution in [3.05, 3.63) is 71.3 Å². The lowest BCUT2D eigenvalue weighted by atomic mass is 9.92. The molecule has 0 aliphatic carbocycles. The second-order valence-electron chi connectivity index (χ2n) is 6.64. The van der Waals surface area contributed by atoms with Gasteiger partial charge in [-0.25, -0.2) is 9.59 Å². The number of carbonyl (C=O) groups excluding carboxylic acids is 2. The van der Waals surface area contributed by atoms with Crippen LogP contribution in [-0.2, 0) is 9.53 Å². The topological polar surface area (TPSA) is 67.4 Å². The van der Waals surface area contributed by atoms with E-state index < -0.39 is 12.0 Å².